The van der Waals surface area contributed by atoms with Gasteiger partial charge in [-0.15, -0.1) is 6.26 Å². The Bertz CT molecular complexity index is 655. The number of hydrogen-bond acceptors (Lipinski definition) is 9. The van der Waals surface area contributed by atoms with Gasteiger partial charge in [0.2, 0.25) is 0 Å². The minimum Gasteiger partial charge on any atom is -0.878 e. The summed E-state index contributed by atoms with van der Waals surface area (Å²) < 4.78 is 0.201. The molecule has 1 aromatic rings. The number of ketones is 4. The van der Waals surface area contributed by atoms with E-state index in [1.54, 1.807) is 0 Å². The van der Waals surface area contributed by atoms with E-state index in [1.807, 2.05) is 0 Å². The molecule has 0 aromatic carbocycles. The molecule has 0 aliphatic heterocycles. The van der Waals surface area contributed by atoms with E-state index in [0.29, 0.717) is 16.3 Å². The molecule has 3 N–H and O–H groups in total. The fourth-order valence-electron chi connectivity index (χ4n) is 0.637. The number of anilines is 1. The molecule has 1 rings (SSSR count). The summed E-state index contributed by atoms with van der Waals surface area (Å²) in [5.74, 6) is -0.197. The Balaban J connectivity index is -0.000000134. The topological polar surface area (TPSA) is 150 Å². The molecule has 0 saturated carbocycles. The van der Waals surface area contributed by atoms with Crippen LogP contribution < -0.4 is 40.4 Å². The molecule has 8 nitrogen and oxygen atoms in total. The molecule has 146 valence electrons. The van der Waals surface area contributed by atoms with Crippen LogP contribution in [0.1, 0.15) is 44.3 Å². The predicted molar refractivity (Wildman–Crippen MR) is 103 cm³/mol. The van der Waals surface area contributed by atoms with Crippen molar-refractivity contribution >= 4 is 55.5 Å². The monoisotopic (exact) mass is 472 g/mol. The van der Waals surface area contributed by atoms with Crippen molar-refractivity contribution < 1.29 is 58.9 Å². The smallest absolute Gasteiger partial charge is 0.878 e. The zero-order valence-corrected chi connectivity index (χ0v) is 20.5. The van der Waals surface area contributed by atoms with Crippen LogP contribution in [-0.4, -0.2) is 33.2 Å². The van der Waals surface area contributed by atoms with Gasteiger partial charge in [0.1, 0.15) is 5.78 Å². The van der Waals surface area contributed by atoms with Crippen LogP contribution in [0.5, 0.6) is 0 Å². The number of nitrogen functional groups attached to an aromatic ring is 1. The maximum absolute atomic E-state index is 10.6. The molecule has 1 aromatic heterocycles. The maximum Gasteiger partial charge on any atom is 1.00 e. The molecular weight excluding hydrogens is 451 g/mol. The van der Waals surface area contributed by atoms with E-state index >= 15 is 0 Å². The molecule has 0 fully saturated rings. The molecule has 1 heterocycles. The Morgan fingerprint density at radius 2 is 1.63 bits per heavy atom. The van der Waals surface area contributed by atoms with Crippen LogP contribution in [0, 0.1) is 0 Å². The molecule has 0 bridgehead atoms. The number of aliphatic hydroxyl groups is 1. The molecular formula is C16H22BrN2NaO6S. The van der Waals surface area contributed by atoms with Crippen LogP contribution in [0.3, 0.4) is 0 Å². The first-order valence-electron chi connectivity index (χ1n) is 6.88. The van der Waals surface area contributed by atoms with Gasteiger partial charge < -0.3 is 20.7 Å². The van der Waals surface area contributed by atoms with E-state index in [-0.39, 0.29) is 57.2 Å². The summed E-state index contributed by atoms with van der Waals surface area (Å²) in [5.41, 5.74) is 5.27. The van der Waals surface area contributed by atoms with Crippen LogP contribution in [0.25, 0.3) is 0 Å². The molecule has 0 radical (unpaired) electrons. The Labute approximate surface area is 193 Å². The van der Waals surface area contributed by atoms with Gasteiger partial charge in [0.05, 0.1) is 21.8 Å². The first-order valence-corrected chi connectivity index (χ1v) is 8.49. The number of allylic oxidation sites excluding steroid dienone is 2. The van der Waals surface area contributed by atoms with E-state index in [2.05, 4.69) is 20.9 Å². The molecule has 0 spiro atoms. The predicted octanol–water partition coefficient (Wildman–Crippen LogP) is -0.654. The number of Topliss-reactive ketones (excluding diaryl/α,β-unsaturated/α-hetero) is 3. The molecule has 0 aliphatic carbocycles. The second kappa shape index (κ2) is 21.0. The van der Waals surface area contributed by atoms with Crippen LogP contribution in [-0.2, 0) is 14.4 Å². The van der Waals surface area contributed by atoms with Gasteiger partial charge in [-0.3, -0.25) is 14.4 Å². The van der Waals surface area contributed by atoms with Gasteiger partial charge in [0.15, 0.2) is 22.5 Å². The standard InChI is InChI=1S/C5H6N2OS.C4H5BrO2.C4H6O2.C3H6O.Na/c1-3(8)4-2-7-5(6)9-4;1-3(7)4(5)2-6;1-4(6)2-3-5;1-3(2)4;/h2H,1H3,(H2,6,7);2,6H,1H3;2-3,5H,1H3;1-2H3;/q;;;;+1/p-1/b;4-2-;3-2+;;. The van der Waals surface area contributed by atoms with Crippen molar-refractivity contribution in [2.45, 2.75) is 34.6 Å². The Hall–Kier alpha value is -1.33. The number of rotatable bonds is 3. The van der Waals surface area contributed by atoms with Gasteiger partial charge in [-0.1, -0.05) is 11.3 Å². The number of carbonyl (C=O) groups is 4. The minimum absolute atomic E-state index is 0. The van der Waals surface area contributed by atoms with E-state index < -0.39 is 0 Å². The first-order chi connectivity index (χ1) is 11.9. The summed E-state index contributed by atoms with van der Waals surface area (Å²) in [5, 5.41) is 17.9. The number of thiazole rings is 1. The minimum atomic E-state index is -0.204. The van der Waals surface area contributed by atoms with Crippen molar-refractivity contribution in [3.63, 3.8) is 0 Å². The summed E-state index contributed by atoms with van der Waals surface area (Å²) in [6.45, 7) is 7.23. The second-order valence-corrected chi connectivity index (χ2v) is 6.39. The molecule has 27 heavy (non-hydrogen) atoms. The third-order valence-corrected chi connectivity index (χ3v) is 3.31. The normalized spacial score (nSPS) is 9.19. The number of halogens is 1. The van der Waals surface area contributed by atoms with Gasteiger partial charge in [0.25, 0.3) is 0 Å². The summed E-state index contributed by atoms with van der Waals surface area (Å²) >= 11 is 4.02. The molecule has 11 heteroatoms. The van der Waals surface area contributed by atoms with Crippen LogP contribution >= 0.6 is 27.3 Å². The van der Waals surface area contributed by atoms with Crippen LogP contribution in [0.15, 0.2) is 29.3 Å². The van der Waals surface area contributed by atoms with Crippen molar-refractivity contribution in [1.29, 1.82) is 0 Å². The van der Waals surface area contributed by atoms with Crippen LogP contribution in [0.2, 0.25) is 0 Å². The molecule has 0 unspecified atom stereocenters. The second-order valence-electron chi connectivity index (χ2n) is 4.47. The Morgan fingerprint density at radius 1 is 1.19 bits per heavy atom. The van der Waals surface area contributed by atoms with E-state index in [0.717, 1.165) is 12.3 Å². The van der Waals surface area contributed by atoms with E-state index in [4.69, 9.17) is 10.8 Å². The van der Waals surface area contributed by atoms with Gasteiger partial charge in [-0.2, -0.15) is 0 Å². The average Bonchev–Trinajstić information content (AvgIpc) is 2.93. The number of nitrogens with zero attached hydrogens (tertiary/aromatic N) is 1. The van der Waals surface area contributed by atoms with Crippen LogP contribution in [0.4, 0.5) is 5.13 Å². The number of nitrogens with two attached hydrogens (primary N) is 1. The van der Waals surface area contributed by atoms with Gasteiger partial charge in [-0.25, -0.2) is 4.98 Å². The van der Waals surface area contributed by atoms with E-state index in [9.17, 15) is 24.3 Å². The first kappa shape index (κ1) is 33.3. The fraction of sp³-hybridized carbons (Fsp3) is 0.312. The largest absolute Gasteiger partial charge is 1.00 e. The zero-order chi connectivity index (χ0) is 21.3. The number of carbonyl (C=O) groups excluding carboxylic acids is 4. The fourth-order valence-corrected chi connectivity index (χ4v) is 1.22. The summed E-state index contributed by atoms with van der Waals surface area (Å²) in [6.07, 6.45) is 3.66. The zero-order valence-electron chi connectivity index (χ0n) is 16.1. The van der Waals surface area contributed by atoms with Crippen molar-refractivity contribution in [3.8, 4) is 0 Å². The van der Waals surface area contributed by atoms with E-state index in [1.165, 1.54) is 52.2 Å². The van der Waals surface area contributed by atoms with Gasteiger partial charge in [0, 0.05) is 6.92 Å². The molecule has 0 aliphatic rings. The third-order valence-electron chi connectivity index (χ3n) is 1.62. The van der Waals surface area contributed by atoms with Gasteiger partial charge in [-0.05, 0) is 49.7 Å². The average molecular weight is 473 g/mol. The summed E-state index contributed by atoms with van der Waals surface area (Å²) in [6, 6.07) is 0. The summed E-state index contributed by atoms with van der Waals surface area (Å²) in [4.78, 5) is 44.2. The number of aromatic nitrogens is 1. The molecule has 0 amide bonds. The Kier molecular flexibility index (Phi) is 25.8. The van der Waals surface area contributed by atoms with Crippen molar-refractivity contribution in [3.05, 3.63) is 34.2 Å². The SMILES string of the molecule is CC(=O)/C(Br)=C/O.CC(=O)/C=C/[O-].CC(=O)c1cnc(N)s1.CC(C)=O.[Na+]. The quantitative estimate of drug-likeness (QED) is 0.254. The Morgan fingerprint density at radius 3 is 1.70 bits per heavy atom. The molecule has 0 atom stereocenters. The summed E-state index contributed by atoms with van der Waals surface area (Å²) in [7, 11) is 0. The maximum atomic E-state index is 10.6. The number of hydrogen-bond donors (Lipinski definition) is 2. The number of aliphatic hydroxyl groups excluding tert-OH is 1. The van der Waals surface area contributed by atoms with Crippen molar-refractivity contribution in [2.75, 3.05) is 5.73 Å². The van der Waals surface area contributed by atoms with Crippen molar-refractivity contribution in [2.24, 2.45) is 0 Å². The molecule has 0 saturated heterocycles. The third kappa shape index (κ3) is 29.7. The van der Waals surface area contributed by atoms with Crippen molar-refractivity contribution in [1.82, 2.24) is 4.98 Å². The van der Waals surface area contributed by atoms with Gasteiger partial charge >= 0.3 is 29.6 Å².